The summed E-state index contributed by atoms with van der Waals surface area (Å²) in [5, 5.41) is 13.8. The van der Waals surface area contributed by atoms with E-state index in [-0.39, 0.29) is 0 Å². The smallest absolute Gasteiger partial charge is 0.134 e. The first kappa shape index (κ1) is 21.5. The van der Waals surface area contributed by atoms with Gasteiger partial charge in [-0.2, -0.15) is 15.3 Å². The molecule has 0 fully saturated rings. The van der Waals surface area contributed by atoms with E-state index in [2.05, 4.69) is 59.5 Å². The van der Waals surface area contributed by atoms with Crippen molar-refractivity contribution >= 4 is 0 Å². The van der Waals surface area contributed by atoms with Crippen LogP contribution in [0.4, 0.5) is 0 Å². The zero-order valence-corrected chi connectivity index (χ0v) is 20.5. The average Bonchev–Trinajstić information content (AvgIpc) is 3.57. The molecule has 1 aliphatic rings. The summed E-state index contributed by atoms with van der Waals surface area (Å²) < 4.78 is 5.79. The quantitative estimate of drug-likeness (QED) is 0.385. The van der Waals surface area contributed by atoms with Gasteiger partial charge in [0.25, 0.3) is 0 Å². The molecule has 0 amide bonds. The Balaban J connectivity index is 1.38. The van der Waals surface area contributed by atoms with E-state index in [1.807, 2.05) is 52.8 Å². The molecule has 8 nitrogen and oxygen atoms in total. The third-order valence-corrected chi connectivity index (χ3v) is 6.63. The molecule has 35 heavy (non-hydrogen) atoms. The number of rotatable bonds is 5. The average molecular weight is 465 g/mol. The van der Waals surface area contributed by atoms with Crippen molar-refractivity contribution in [1.82, 2.24) is 39.3 Å². The summed E-state index contributed by atoms with van der Waals surface area (Å²) in [4.78, 5) is 9.66. The minimum atomic E-state index is 0.341. The Hall–Kier alpha value is -4.07. The molecule has 0 bridgehead atoms. The zero-order valence-electron chi connectivity index (χ0n) is 20.5. The van der Waals surface area contributed by atoms with Crippen LogP contribution in [0.2, 0.25) is 0 Å². The normalized spacial score (nSPS) is 12.7. The van der Waals surface area contributed by atoms with E-state index in [9.17, 15) is 0 Å². The van der Waals surface area contributed by atoms with Crippen molar-refractivity contribution in [2.45, 2.75) is 39.2 Å². The van der Waals surface area contributed by atoms with E-state index in [1.165, 1.54) is 5.56 Å². The van der Waals surface area contributed by atoms with Crippen molar-refractivity contribution in [3.8, 4) is 33.6 Å². The molecule has 5 aromatic rings. The molecule has 8 heteroatoms. The van der Waals surface area contributed by atoms with E-state index >= 15 is 0 Å². The summed E-state index contributed by atoms with van der Waals surface area (Å²) in [6.07, 6.45) is 10.4. The molecule has 0 N–H and O–H groups in total. The molecule has 1 aliphatic carbocycles. The van der Waals surface area contributed by atoms with Crippen molar-refractivity contribution in [1.29, 1.82) is 0 Å². The highest BCUT2D eigenvalue weighted by atomic mass is 15.3. The van der Waals surface area contributed by atoms with Crippen LogP contribution in [0.1, 0.15) is 42.7 Å². The highest BCUT2D eigenvalue weighted by Gasteiger charge is 2.27. The van der Waals surface area contributed by atoms with Gasteiger partial charge in [-0.25, -0.2) is 9.97 Å². The minimum absolute atomic E-state index is 0.341. The molecule has 176 valence electrons. The zero-order chi connectivity index (χ0) is 24.1. The number of nitrogens with zero attached hydrogens (tertiary/aromatic N) is 8. The van der Waals surface area contributed by atoms with Crippen LogP contribution < -0.4 is 0 Å². The van der Waals surface area contributed by atoms with E-state index in [0.29, 0.717) is 12.5 Å². The summed E-state index contributed by atoms with van der Waals surface area (Å²) in [6, 6.07) is 11.0. The number of aromatic nitrogens is 8. The van der Waals surface area contributed by atoms with Crippen molar-refractivity contribution in [2.24, 2.45) is 14.1 Å². The molecule has 4 heterocycles. The van der Waals surface area contributed by atoms with Crippen molar-refractivity contribution < 1.29 is 0 Å². The number of aryl methyl sites for hydroxylation is 4. The summed E-state index contributed by atoms with van der Waals surface area (Å²) in [5.41, 5.74) is 9.84. The Bertz CT molecular complexity index is 1520. The fourth-order valence-corrected chi connectivity index (χ4v) is 4.83. The molecule has 4 aromatic heterocycles. The van der Waals surface area contributed by atoms with Crippen molar-refractivity contribution in [3.63, 3.8) is 0 Å². The van der Waals surface area contributed by atoms with Gasteiger partial charge in [0.1, 0.15) is 5.82 Å². The van der Waals surface area contributed by atoms with Gasteiger partial charge in [0.05, 0.1) is 35.4 Å². The van der Waals surface area contributed by atoms with Crippen LogP contribution >= 0.6 is 0 Å². The van der Waals surface area contributed by atoms with Gasteiger partial charge in [0, 0.05) is 55.4 Å². The summed E-state index contributed by atoms with van der Waals surface area (Å²) in [6.45, 7) is 4.27. The second-order valence-electron chi connectivity index (χ2n) is 9.49. The second kappa shape index (κ2) is 8.30. The molecular formula is C27H28N8. The maximum absolute atomic E-state index is 5.02. The van der Waals surface area contributed by atoms with Crippen LogP contribution in [0, 0.1) is 0 Å². The van der Waals surface area contributed by atoms with Crippen LogP contribution in [0.15, 0.2) is 55.1 Å². The molecule has 0 unspecified atom stereocenters. The first-order valence-corrected chi connectivity index (χ1v) is 12.0. The molecule has 0 aliphatic heterocycles. The topological polar surface area (TPSA) is 79.2 Å². The number of benzene rings is 1. The van der Waals surface area contributed by atoms with Gasteiger partial charge in [0.15, 0.2) is 0 Å². The van der Waals surface area contributed by atoms with Gasteiger partial charge in [0.2, 0.25) is 0 Å². The molecule has 0 saturated carbocycles. The van der Waals surface area contributed by atoms with Gasteiger partial charge in [-0.1, -0.05) is 24.3 Å². The van der Waals surface area contributed by atoms with Crippen LogP contribution in [0.25, 0.3) is 33.6 Å². The Morgan fingerprint density at radius 3 is 2.43 bits per heavy atom. The Labute approximate surface area is 204 Å². The maximum Gasteiger partial charge on any atom is 0.134 e. The molecular weight excluding hydrogens is 436 g/mol. The first-order valence-electron chi connectivity index (χ1n) is 12.0. The Kier molecular flexibility index (Phi) is 5.09. The number of hydrogen-bond acceptors (Lipinski definition) is 5. The monoisotopic (exact) mass is 464 g/mol. The van der Waals surface area contributed by atoms with Gasteiger partial charge in [-0.15, -0.1) is 0 Å². The van der Waals surface area contributed by atoms with Gasteiger partial charge >= 0.3 is 0 Å². The lowest BCUT2D eigenvalue weighted by Crippen LogP contribution is -2.09. The maximum atomic E-state index is 5.02. The predicted molar refractivity (Wildman–Crippen MR) is 135 cm³/mol. The van der Waals surface area contributed by atoms with E-state index in [0.717, 1.165) is 63.7 Å². The van der Waals surface area contributed by atoms with E-state index < -0.39 is 0 Å². The molecule has 0 spiro atoms. The van der Waals surface area contributed by atoms with Crippen LogP contribution in [-0.4, -0.2) is 39.3 Å². The highest BCUT2D eigenvalue weighted by Crippen LogP contribution is 2.39. The second-order valence-corrected chi connectivity index (χ2v) is 9.49. The van der Waals surface area contributed by atoms with E-state index in [4.69, 9.17) is 10.1 Å². The van der Waals surface area contributed by atoms with Crippen molar-refractivity contribution in [2.75, 3.05) is 0 Å². The molecule has 0 radical (unpaired) electrons. The predicted octanol–water partition coefficient (Wildman–Crippen LogP) is 4.41. The third-order valence-electron chi connectivity index (χ3n) is 6.63. The largest absolute Gasteiger partial charge is 0.276 e. The lowest BCUT2D eigenvalue weighted by atomic mass is 9.91. The summed E-state index contributed by atoms with van der Waals surface area (Å²) in [7, 11) is 3.94. The van der Waals surface area contributed by atoms with Gasteiger partial charge < -0.3 is 0 Å². The lowest BCUT2D eigenvalue weighted by molar-refractivity contribution is 0.532. The molecule has 0 atom stereocenters. The fraction of sp³-hybridized carbons (Fsp3) is 0.296. The van der Waals surface area contributed by atoms with Crippen LogP contribution in [-0.2, 0) is 33.4 Å². The fourth-order valence-electron chi connectivity index (χ4n) is 4.83. The third kappa shape index (κ3) is 3.84. The SMILES string of the molecule is CC(C)n1cc(-c2ccc(-c3c4c(nn3C)CCc3cnc(Cc5ccn(C)n5)nc3-4)cc2)cn1. The van der Waals surface area contributed by atoms with Crippen molar-refractivity contribution in [3.05, 3.63) is 77.9 Å². The Morgan fingerprint density at radius 2 is 1.71 bits per heavy atom. The molecule has 1 aromatic carbocycles. The summed E-state index contributed by atoms with van der Waals surface area (Å²) in [5.74, 6) is 0.780. The molecule has 0 saturated heterocycles. The highest BCUT2D eigenvalue weighted by molar-refractivity contribution is 5.84. The number of fused-ring (bicyclic) bond motifs is 3. The van der Waals surface area contributed by atoms with Gasteiger partial charge in [-0.3, -0.25) is 14.0 Å². The number of hydrogen-bond donors (Lipinski definition) is 0. The lowest BCUT2D eigenvalue weighted by Gasteiger charge is -2.16. The Morgan fingerprint density at radius 1 is 0.914 bits per heavy atom. The van der Waals surface area contributed by atoms with Crippen LogP contribution in [0.5, 0.6) is 0 Å². The first-order chi connectivity index (χ1) is 17.0. The summed E-state index contributed by atoms with van der Waals surface area (Å²) >= 11 is 0. The molecule has 6 rings (SSSR count). The van der Waals surface area contributed by atoms with Crippen LogP contribution in [0.3, 0.4) is 0 Å². The van der Waals surface area contributed by atoms with E-state index in [1.54, 1.807) is 0 Å². The standard InChI is InChI=1S/C27H28N8/c1-17(2)35-16-21(15-29-35)18-5-7-19(8-6-18)27-25-23(32-34(27)4)10-9-20-14-28-24(30-26(20)25)13-22-11-12-33(3)31-22/h5-8,11-12,14-17H,9-10,13H2,1-4H3. The minimum Gasteiger partial charge on any atom is -0.276 e. The van der Waals surface area contributed by atoms with Gasteiger partial charge in [-0.05, 0) is 43.9 Å².